The number of aryl methyl sites for hydroxylation is 1. The number of rotatable bonds is 4. The molecule has 0 aromatic carbocycles. The fourth-order valence-corrected chi connectivity index (χ4v) is 2.22. The molecule has 0 aliphatic carbocycles. The molecule has 0 amide bonds. The van der Waals surface area contributed by atoms with E-state index < -0.39 is 0 Å². The summed E-state index contributed by atoms with van der Waals surface area (Å²) < 4.78 is 0. The molecule has 1 unspecified atom stereocenters. The molecular weight excluding hydrogens is 180 g/mol. The van der Waals surface area contributed by atoms with Crippen LogP contribution in [0.5, 0.6) is 0 Å². The van der Waals surface area contributed by atoms with Crippen molar-refractivity contribution < 1.29 is 0 Å². The second-order valence-corrected chi connectivity index (χ2v) is 4.60. The van der Waals surface area contributed by atoms with E-state index >= 15 is 0 Å². The third-order valence-corrected chi connectivity index (χ3v) is 3.32. The highest BCUT2D eigenvalue weighted by Gasteiger charge is 2.07. The Bertz CT molecular complexity index is 255. The summed E-state index contributed by atoms with van der Waals surface area (Å²) in [6.07, 6.45) is 1.14. The van der Waals surface area contributed by atoms with Crippen LogP contribution in [0.4, 0.5) is 0 Å². The maximum absolute atomic E-state index is 3.34. The Morgan fingerprint density at radius 1 is 1.46 bits per heavy atom. The van der Waals surface area contributed by atoms with Crippen molar-refractivity contribution in [2.24, 2.45) is 0 Å². The summed E-state index contributed by atoms with van der Waals surface area (Å²) >= 11 is 1.89. The second-order valence-electron chi connectivity index (χ2n) is 3.40. The number of nitrogens with zero attached hydrogens (tertiary/aromatic N) is 1. The average Bonchev–Trinajstić information content (AvgIpc) is 2.50. The van der Waals surface area contributed by atoms with Crippen molar-refractivity contribution in [3.63, 3.8) is 0 Å². The third-order valence-electron chi connectivity index (χ3n) is 1.91. The van der Waals surface area contributed by atoms with Gasteiger partial charge in [-0.15, -0.1) is 11.3 Å². The molecule has 0 radical (unpaired) electrons. The Labute approximate surface area is 84.5 Å². The average molecular weight is 198 g/mol. The van der Waals surface area contributed by atoms with E-state index in [9.17, 15) is 0 Å². The predicted molar refractivity (Wildman–Crippen MR) is 58.9 cm³/mol. The van der Waals surface area contributed by atoms with Crippen LogP contribution in [0, 0.1) is 0 Å². The van der Waals surface area contributed by atoms with Crippen molar-refractivity contribution >= 4 is 11.3 Å². The number of nitrogens with one attached hydrogen (secondary N) is 1. The Morgan fingerprint density at radius 2 is 2.15 bits per heavy atom. The summed E-state index contributed by atoms with van der Waals surface area (Å²) in [4.78, 5) is 2.87. The van der Waals surface area contributed by atoms with Gasteiger partial charge in [-0.05, 0) is 25.5 Å². The molecule has 0 bridgehead atoms. The third kappa shape index (κ3) is 3.10. The first-order valence-corrected chi connectivity index (χ1v) is 5.47. The summed E-state index contributed by atoms with van der Waals surface area (Å²) in [5.74, 6) is 0. The van der Waals surface area contributed by atoms with Gasteiger partial charge in [0.2, 0.25) is 0 Å². The minimum Gasteiger partial charge on any atom is -0.250 e. The van der Waals surface area contributed by atoms with E-state index in [1.807, 2.05) is 30.4 Å². The maximum atomic E-state index is 3.34. The van der Waals surface area contributed by atoms with Crippen molar-refractivity contribution in [3.05, 3.63) is 21.9 Å². The minimum absolute atomic E-state index is 0.417. The van der Waals surface area contributed by atoms with Crippen LogP contribution in [-0.4, -0.2) is 19.1 Å². The quantitative estimate of drug-likeness (QED) is 0.748. The lowest BCUT2D eigenvalue weighted by Gasteiger charge is -2.17. The molecule has 0 fully saturated rings. The van der Waals surface area contributed by atoms with E-state index in [1.54, 1.807) is 0 Å². The second kappa shape index (κ2) is 4.74. The van der Waals surface area contributed by atoms with Gasteiger partial charge >= 0.3 is 0 Å². The van der Waals surface area contributed by atoms with Gasteiger partial charge in [0, 0.05) is 23.8 Å². The van der Waals surface area contributed by atoms with Gasteiger partial charge in [0.25, 0.3) is 0 Å². The molecule has 1 N–H and O–H groups in total. The molecule has 3 heteroatoms. The number of hydrogen-bond donors (Lipinski definition) is 1. The largest absolute Gasteiger partial charge is 0.250 e. The molecule has 1 aromatic rings. The van der Waals surface area contributed by atoms with Crippen LogP contribution in [-0.2, 0) is 6.42 Å². The van der Waals surface area contributed by atoms with Crippen LogP contribution in [0.3, 0.4) is 0 Å². The van der Waals surface area contributed by atoms with E-state index in [0.29, 0.717) is 6.04 Å². The minimum atomic E-state index is 0.417. The molecule has 1 atom stereocenters. The van der Waals surface area contributed by atoms with Crippen molar-refractivity contribution in [3.8, 4) is 0 Å². The Kier molecular flexibility index (Phi) is 3.90. The van der Waals surface area contributed by atoms with Gasteiger partial charge in [0.15, 0.2) is 0 Å². The van der Waals surface area contributed by atoms with E-state index in [4.69, 9.17) is 0 Å². The van der Waals surface area contributed by atoms with Gasteiger partial charge in [0.1, 0.15) is 0 Å². The Hall–Kier alpha value is -0.380. The molecule has 0 aliphatic rings. The molecule has 1 rings (SSSR count). The zero-order chi connectivity index (χ0) is 9.84. The molecule has 0 spiro atoms. The first kappa shape index (κ1) is 10.7. The van der Waals surface area contributed by atoms with Gasteiger partial charge in [-0.25, -0.2) is 5.43 Å². The normalized spacial score (nSPS) is 13.6. The van der Waals surface area contributed by atoms with E-state index in [1.165, 1.54) is 9.75 Å². The zero-order valence-electron chi connectivity index (χ0n) is 8.79. The van der Waals surface area contributed by atoms with Crippen LogP contribution in [0.2, 0.25) is 0 Å². The lowest BCUT2D eigenvalue weighted by molar-refractivity contribution is 0.254. The van der Waals surface area contributed by atoms with Gasteiger partial charge in [-0.1, -0.05) is 6.92 Å². The molecule has 74 valence electrons. The van der Waals surface area contributed by atoms with Crippen molar-refractivity contribution in [2.45, 2.75) is 26.3 Å². The van der Waals surface area contributed by atoms with Gasteiger partial charge in [0.05, 0.1) is 6.04 Å². The number of thiophene rings is 1. The Morgan fingerprint density at radius 3 is 2.62 bits per heavy atom. The molecular formula is C10H18N2S. The van der Waals surface area contributed by atoms with Crippen LogP contribution in [0.25, 0.3) is 0 Å². The molecule has 1 aromatic heterocycles. The lowest BCUT2D eigenvalue weighted by atomic mass is 10.3. The SMILES string of the molecule is CCc1ccc(C(C)NN(C)C)s1. The van der Waals surface area contributed by atoms with E-state index in [0.717, 1.165) is 6.42 Å². The van der Waals surface area contributed by atoms with Crippen molar-refractivity contribution in [1.29, 1.82) is 0 Å². The highest BCUT2D eigenvalue weighted by atomic mass is 32.1. The number of hydrazine groups is 1. The maximum Gasteiger partial charge on any atom is 0.0529 e. The lowest BCUT2D eigenvalue weighted by Crippen LogP contribution is -2.32. The van der Waals surface area contributed by atoms with Crippen molar-refractivity contribution in [2.75, 3.05) is 14.1 Å². The highest BCUT2D eigenvalue weighted by molar-refractivity contribution is 7.12. The fourth-order valence-electron chi connectivity index (χ4n) is 1.27. The van der Waals surface area contributed by atoms with Gasteiger partial charge in [-0.3, -0.25) is 5.01 Å². The van der Waals surface area contributed by atoms with Gasteiger partial charge in [-0.2, -0.15) is 0 Å². The molecule has 0 aliphatic heterocycles. The summed E-state index contributed by atoms with van der Waals surface area (Å²) in [7, 11) is 4.04. The van der Waals surface area contributed by atoms with Crippen LogP contribution in [0.15, 0.2) is 12.1 Å². The topological polar surface area (TPSA) is 15.3 Å². The fraction of sp³-hybridized carbons (Fsp3) is 0.600. The van der Waals surface area contributed by atoms with Crippen molar-refractivity contribution in [1.82, 2.24) is 10.4 Å². The predicted octanol–water partition coefficient (Wildman–Crippen LogP) is 2.44. The Balaban J connectivity index is 2.60. The molecule has 1 heterocycles. The molecule has 0 saturated carbocycles. The first-order chi connectivity index (χ1) is 6.13. The van der Waals surface area contributed by atoms with E-state index in [2.05, 4.69) is 31.4 Å². The summed E-state index contributed by atoms with van der Waals surface area (Å²) in [6.45, 7) is 4.38. The first-order valence-electron chi connectivity index (χ1n) is 4.65. The molecule has 2 nitrogen and oxygen atoms in total. The van der Waals surface area contributed by atoms with Crippen LogP contribution in [0.1, 0.15) is 29.6 Å². The monoisotopic (exact) mass is 198 g/mol. The van der Waals surface area contributed by atoms with Crippen LogP contribution >= 0.6 is 11.3 Å². The summed E-state index contributed by atoms with van der Waals surface area (Å²) in [6, 6.07) is 4.85. The molecule has 13 heavy (non-hydrogen) atoms. The zero-order valence-corrected chi connectivity index (χ0v) is 9.61. The van der Waals surface area contributed by atoms with E-state index in [-0.39, 0.29) is 0 Å². The standard InChI is InChI=1S/C10H18N2S/c1-5-9-6-7-10(13-9)8(2)11-12(3)4/h6-8,11H,5H2,1-4H3. The highest BCUT2D eigenvalue weighted by Crippen LogP contribution is 2.23. The number of hydrogen-bond acceptors (Lipinski definition) is 3. The summed E-state index contributed by atoms with van der Waals surface area (Å²) in [5.41, 5.74) is 3.34. The van der Waals surface area contributed by atoms with Crippen LogP contribution < -0.4 is 5.43 Å². The van der Waals surface area contributed by atoms with Gasteiger partial charge < -0.3 is 0 Å². The molecule has 0 saturated heterocycles. The smallest absolute Gasteiger partial charge is 0.0529 e. The summed E-state index contributed by atoms with van der Waals surface area (Å²) in [5, 5.41) is 2.00.